The van der Waals surface area contributed by atoms with Gasteiger partial charge < -0.3 is 10.4 Å². The molecule has 3 N–H and O–H groups in total. The number of benzene rings is 2. The van der Waals surface area contributed by atoms with Crippen LogP contribution in [0.3, 0.4) is 0 Å². The Morgan fingerprint density at radius 1 is 1.28 bits per heavy atom. The van der Waals surface area contributed by atoms with Crippen molar-refractivity contribution in [3.05, 3.63) is 75.4 Å². The van der Waals surface area contributed by atoms with Gasteiger partial charge in [0.1, 0.15) is 17.4 Å². The van der Waals surface area contributed by atoms with Gasteiger partial charge in [-0.15, -0.1) is 0 Å². The van der Waals surface area contributed by atoms with Crippen molar-refractivity contribution in [1.82, 2.24) is 10.2 Å². The van der Waals surface area contributed by atoms with Crippen molar-refractivity contribution in [1.29, 1.82) is 5.26 Å². The molecule has 0 saturated carbocycles. The molecule has 1 aromatic heterocycles. The largest absolute Gasteiger partial charge is 0.508 e. The van der Waals surface area contributed by atoms with E-state index in [2.05, 4.69) is 21.6 Å². The Hall–Kier alpha value is -2.97. The van der Waals surface area contributed by atoms with Crippen LogP contribution in [-0.2, 0) is 13.0 Å². The van der Waals surface area contributed by atoms with Crippen LogP contribution in [0.1, 0.15) is 27.9 Å². The molecule has 0 saturated heterocycles. The zero-order chi connectivity index (χ0) is 17.8. The number of hydrogen-bond donors (Lipinski definition) is 3. The summed E-state index contributed by atoms with van der Waals surface area (Å²) in [6.45, 7) is 2.29. The summed E-state index contributed by atoms with van der Waals surface area (Å²) in [4.78, 5) is 0. The highest BCUT2D eigenvalue weighted by molar-refractivity contribution is 6.30. The molecular weight excluding hydrogens is 336 g/mol. The number of anilines is 1. The molecule has 0 aliphatic carbocycles. The number of aromatic nitrogens is 2. The first kappa shape index (κ1) is 16.9. The minimum atomic E-state index is 0.223. The van der Waals surface area contributed by atoms with E-state index in [9.17, 15) is 10.4 Å². The first-order valence-electron chi connectivity index (χ1n) is 7.81. The maximum Gasteiger partial charge on any atom is 0.166 e. The highest BCUT2D eigenvalue weighted by Gasteiger charge is 2.14. The number of phenolic OH excluding ortho intramolecular Hbond substituents is 1. The van der Waals surface area contributed by atoms with Gasteiger partial charge in [-0.25, -0.2) is 0 Å². The van der Waals surface area contributed by atoms with Gasteiger partial charge >= 0.3 is 0 Å². The monoisotopic (exact) mass is 352 g/mol. The van der Waals surface area contributed by atoms with Crippen molar-refractivity contribution in [3.63, 3.8) is 0 Å². The fraction of sp³-hybridized carbons (Fsp3) is 0.158. The number of phenols is 1. The summed E-state index contributed by atoms with van der Waals surface area (Å²) in [6, 6.07) is 15.2. The number of nitrogens with one attached hydrogen (secondary N) is 2. The number of halogens is 1. The zero-order valence-electron chi connectivity index (χ0n) is 13.7. The summed E-state index contributed by atoms with van der Waals surface area (Å²) >= 11 is 6.01. The lowest BCUT2D eigenvalue weighted by atomic mass is 10.1. The van der Waals surface area contributed by atoms with E-state index in [1.54, 1.807) is 6.07 Å². The molecule has 0 bridgehead atoms. The zero-order valence-corrected chi connectivity index (χ0v) is 14.4. The van der Waals surface area contributed by atoms with Crippen LogP contribution in [-0.4, -0.2) is 15.3 Å². The molecule has 0 atom stereocenters. The third-order valence-electron chi connectivity index (χ3n) is 3.91. The number of aryl methyl sites for hydroxylation is 1. The van der Waals surface area contributed by atoms with Crippen molar-refractivity contribution >= 4 is 17.4 Å². The van der Waals surface area contributed by atoms with Gasteiger partial charge in [0, 0.05) is 23.6 Å². The molecule has 3 rings (SSSR count). The maximum absolute atomic E-state index is 9.98. The number of hydrogen-bond acceptors (Lipinski definition) is 4. The molecule has 1 heterocycles. The summed E-state index contributed by atoms with van der Waals surface area (Å²) in [5.74, 6) is 0.695. The molecule has 5 nitrogen and oxygen atoms in total. The van der Waals surface area contributed by atoms with E-state index in [0.717, 1.165) is 22.4 Å². The number of rotatable bonds is 5. The van der Waals surface area contributed by atoms with Crippen molar-refractivity contribution in [2.24, 2.45) is 0 Å². The summed E-state index contributed by atoms with van der Waals surface area (Å²) in [7, 11) is 0. The highest BCUT2D eigenvalue weighted by atomic mass is 35.5. The lowest BCUT2D eigenvalue weighted by Gasteiger charge is -2.07. The van der Waals surface area contributed by atoms with Crippen LogP contribution in [0.15, 0.2) is 42.5 Å². The van der Waals surface area contributed by atoms with Crippen LogP contribution >= 0.6 is 11.6 Å². The third-order valence-corrected chi connectivity index (χ3v) is 4.15. The number of H-pyrrole nitrogens is 1. The molecule has 0 aliphatic rings. The molecular formula is C19H17ClN4O. The Balaban J connectivity index is 1.77. The van der Waals surface area contributed by atoms with Crippen LogP contribution in [0.2, 0.25) is 5.02 Å². The van der Waals surface area contributed by atoms with Gasteiger partial charge in [-0.05, 0) is 36.2 Å². The number of aromatic amines is 1. The number of nitriles is 1. The minimum Gasteiger partial charge on any atom is -0.508 e. The standard InChI is InChI=1S/C19H17ClN4O/c1-12-5-6-14(18(25)7-12)11-22-19-16(10-21)17(23-24-19)9-13-3-2-4-15(20)8-13/h2-8,25H,9,11H2,1H3,(H2,22,23,24). The van der Waals surface area contributed by atoms with Gasteiger partial charge in [-0.2, -0.15) is 10.4 Å². The van der Waals surface area contributed by atoms with Crippen molar-refractivity contribution < 1.29 is 5.11 Å². The van der Waals surface area contributed by atoms with Gasteiger partial charge in [0.15, 0.2) is 5.82 Å². The average molecular weight is 353 g/mol. The van der Waals surface area contributed by atoms with Crippen molar-refractivity contribution in [2.75, 3.05) is 5.32 Å². The second-order valence-corrected chi connectivity index (χ2v) is 6.27. The van der Waals surface area contributed by atoms with Crippen LogP contribution in [0.4, 0.5) is 5.82 Å². The molecule has 0 aliphatic heterocycles. The van der Waals surface area contributed by atoms with Gasteiger partial charge in [0.05, 0.1) is 5.69 Å². The van der Waals surface area contributed by atoms with Crippen LogP contribution < -0.4 is 5.32 Å². The van der Waals surface area contributed by atoms with Crippen LogP contribution in [0.5, 0.6) is 5.75 Å². The van der Waals surface area contributed by atoms with Crippen molar-refractivity contribution in [3.8, 4) is 11.8 Å². The Kier molecular flexibility index (Phi) is 4.92. The van der Waals surface area contributed by atoms with E-state index in [1.807, 2.05) is 43.3 Å². The smallest absolute Gasteiger partial charge is 0.166 e. The number of nitrogens with zero attached hydrogens (tertiary/aromatic N) is 2. The van der Waals surface area contributed by atoms with Gasteiger partial charge in [0.25, 0.3) is 0 Å². The van der Waals surface area contributed by atoms with Gasteiger partial charge in [-0.3, -0.25) is 5.10 Å². The molecule has 2 aromatic carbocycles. The molecule has 6 heteroatoms. The molecule has 0 amide bonds. The average Bonchev–Trinajstić information content (AvgIpc) is 2.95. The molecule has 25 heavy (non-hydrogen) atoms. The Morgan fingerprint density at radius 3 is 2.84 bits per heavy atom. The highest BCUT2D eigenvalue weighted by Crippen LogP contribution is 2.23. The Bertz CT molecular complexity index is 943. The van der Waals surface area contributed by atoms with E-state index < -0.39 is 0 Å². The second kappa shape index (κ2) is 7.29. The minimum absolute atomic E-state index is 0.223. The SMILES string of the molecule is Cc1ccc(CNc2n[nH]c(Cc3cccc(Cl)c3)c2C#N)c(O)c1. The molecule has 0 fully saturated rings. The summed E-state index contributed by atoms with van der Waals surface area (Å²) in [5, 5.41) is 30.3. The Morgan fingerprint density at radius 2 is 2.12 bits per heavy atom. The fourth-order valence-corrected chi connectivity index (χ4v) is 2.82. The second-order valence-electron chi connectivity index (χ2n) is 5.83. The number of aromatic hydroxyl groups is 1. The molecule has 0 unspecified atom stereocenters. The first-order chi connectivity index (χ1) is 12.1. The van der Waals surface area contributed by atoms with E-state index >= 15 is 0 Å². The van der Waals surface area contributed by atoms with Crippen LogP contribution in [0.25, 0.3) is 0 Å². The van der Waals surface area contributed by atoms with Gasteiger partial charge in [-0.1, -0.05) is 35.9 Å². The maximum atomic E-state index is 9.98. The lowest BCUT2D eigenvalue weighted by molar-refractivity contribution is 0.468. The topological polar surface area (TPSA) is 84.7 Å². The van der Waals surface area contributed by atoms with Gasteiger partial charge in [0.2, 0.25) is 0 Å². The van der Waals surface area contributed by atoms with E-state index in [4.69, 9.17) is 11.6 Å². The first-order valence-corrected chi connectivity index (χ1v) is 8.18. The molecule has 126 valence electrons. The van der Waals surface area contributed by atoms with Crippen molar-refractivity contribution in [2.45, 2.75) is 19.9 Å². The Labute approximate surface area is 150 Å². The molecule has 0 radical (unpaired) electrons. The summed E-state index contributed by atoms with van der Waals surface area (Å²) < 4.78 is 0. The normalized spacial score (nSPS) is 10.4. The molecule has 3 aromatic rings. The van der Waals surface area contributed by atoms with E-state index in [1.165, 1.54) is 0 Å². The lowest BCUT2D eigenvalue weighted by Crippen LogP contribution is -2.02. The van der Waals surface area contributed by atoms with E-state index in [-0.39, 0.29) is 5.75 Å². The predicted molar refractivity (Wildman–Crippen MR) is 97.7 cm³/mol. The molecule has 0 spiro atoms. The van der Waals surface area contributed by atoms with Crippen LogP contribution in [0, 0.1) is 18.3 Å². The predicted octanol–water partition coefficient (Wildman–Crippen LogP) is 4.15. The fourth-order valence-electron chi connectivity index (χ4n) is 2.61. The summed E-state index contributed by atoms with van der Waals surface area (Å²) in [5.41, 5.74) is 3.92. The third kappa shape index (κ3) is 3.93. The van der Waals surface area contributed by atoms with E-state index in [0.29, 0.717) is 29.4 Å². The quantitative estimate of drug-likeness (QED) is 0.644. The summed E-state index contributed by atoms with van der Waals surface area (Å²) in [6.07, 6.45) is 0.536.